The highest BCUT2D eigenvalue weighted by molar-refractivity contribution is 5.82. The fraction of sp³-hybridized carbons (Fsp3) is 0.565. The first kappa shape index (κ1) is 21.2. The Labute approximate surface area is 173 Å². The molecule has 0 saturated carbocycles. The molecule has 3 rings (SSSR count). The van der Waals surface area contributed by atoms with E-state index in [1.165, 1.54) is 5.56 Å². The second-order valence-corrected chi connectivity index (χ2v) is 8.76. The minimum absolute atomic E-state index is 0.0287. The molecular formula is C23H32N2O4. The van der Waals surface area contributed by atoms with Gasteiger partial charge in [-0.05, 0) is 56.4 Å². The van der Waals surface area contributed by atoms with E-state index in [1.807, 2.05) is 45.6 Å². The van der Waals surface area contributed by atoms with Crippen molar-refractivity contribution in [3.8, 4) is 11.5 Å². The van der Waals surface area contributed by atoms with Crippen molar-refractivity contribution in [1.29, 1.82) is 0 Å². The Morgan fingerprint density at radius 1 is 1.21 bits per heavy atom. The van der Waals surface area contributed by atoms with Crippen LogP contribution in [0.5, 0.6) is 11.5 Å². The molecule has 2 aromatic rings. The molecule has 1 atom stereocenters. The molecule has 0 spiro atoms. The summed E-state index contributed by atoms with van der Waals surface area (Å²) in [5, 5.41) is 4.08. The number of amides is 1. The van der Waals surface area contributed by atoms with Gasteiger partial charge in [0.2, 0.25) is 5.91 Å². The predicted octanol–water partition coefficient (Wildman–Crippen LogP) is 4.41. The maximum atomic E-state index is 13.3. The van der Waals surface area contributed by atoms with E-state index in [9.17, 15) is 4.79 Å². The van der Waals surface area contributed by atoms with Gasteiger partial charge < -0.3 is 18.9 Å². The number of aromatic nitrogens is 1. The lowest BCUT2D eigenvalue weighted by Gasteiger charge is -2.41. The zero-order valence-corrected chi connectivity index (χ0v) is 18.6. The smallest absolute Gasteiger partial charge is 0.228 e. The van der Waals surface area contributed by atoms with Crippen molar-refractivity contribution < 1.29 is 18.8 Å². The number of ether oxygens (including phenoxy) is 2. The second-order valence-electron chi connectivity index (χ2n) is 8.76. The summed E-state index contributed by atoms with van der Waals surface area (Å²) in [7, 11) is 3.29. The summed E-state index contributed by atoms with van der Waals surface area (Å²) >= 11 is 0. The number of hydrogen-bond acceptors (Lipinski definition) is 5. The molecular weight excluding hydrogens is 368 g/mol. The molecule has 0 N–H and O–H groups in total. The van der Waals surface area contributed by atoms with Crippen LogP contribution in [0, 0.1) is 19.3 Å². The Bertz CT molecular complexity index is 876. The fourth-order valence-corrected chi connectivity index (χ4v) is 4.15. The monoisotopic (exact) mass is 400 g/mol. The van der Waals surface area contributed by atoms with Crippen molar-refractivity contribution in [1.82, 2.24) is 10.1 Å². The van der Waals surface area contributed by atoms with Crippen LogP contribution in [0.15, 0.2) is 16.7 Å². The Balaban J connectivity index is 2.01. The number of hydrogen-bond donors (Lipinski definition) is 0. The number of rotatable bonds is 5. The van der Waals surface area contributed by atoms with Gasteiger partial charge in [-0.1, -0.05) is 25.9 Å². The molecule has 6 nitrogen and oxygen atoms in total. The van der Waals surface area contributed by atoms with Gasteiger partial charge >= 0.3 is 0 Å². The third-order valence-electron chi connectivity index (χ3n) is 5.75. The van der Waals surface area contributed by atoms with E-state index in [0.717, 1.165) is 47.6 Å². The van der Waals surface area contributed by atoms with Crippen LogP contribution < -0.4 is 9.47 Å². The van der Waals surface area contributed by atoms with E-state index in [4.69, 9.17) is 14.0 Å². The number of carbonyl (C=O) groups is 1. The Hall–Kier alpha value is -2.50. The minimum atomic E-state index is -0.435. The summed E-state index contributed by atoms with van der Waals surface area (Å²) in [4.78, 5) is 15.3. The summed E-state index contributed by atoms with van der Waals surface area (Å²) < 4.78 is 16.4. The third-order valence-corrected chi connectivity index (χ3v) is 5.75. The molecule has 1 unspecified atom stereocenters. The first-order chi connectivity index (χ1) is 13.7. The molecule has 29 heavy (non-hydrogen) atoms. The molecule has 1 aromatic heterocycles. The van der Waals surface area contributed by atoms with Crippen LogP contribution >= 0.6 is 0 Å². The van der Waals surface area contributed by atoms with Crippen molar-refractivity contribution in [3.05, 3.63) is 40.3 Å². The Morgan fingerprint density at radius 3 is 2.41 bits per heavy atom. The van der Waals surface area contributed by atoms with Crippen molar-refractivity contribution in [2.24, 2.45) is 5.41 Å². The fourth-order valence-electron chi connectivity index (χ4n) is 4.15. The van der Waals surface area contributed by atoms with E-state index in [1.54, 1.807) is 14.2 Å². The Morgan fingerprint density at radius 2 is 1.86 bits per heavy atom. The van der Waals surface area contributed by atoms with Crippen LogP contribution in [0.3, 0.4) is 0 Å². The average Bonchev–Trinajstić information content (AvgIpc) is 3.01. The zero-order chi connectivity index (χ0) is 21.3. The molecule has 1 aromatic carbocycles. The van der Waals surface area contributed by atoms with Gasteiger partial charge in [0, 0.05) is 17.5 Å². The molecule has 1 aliphatic rings. The highest BCUT2D eigenvalue weighted by atomic mass is 16.5. The SMILES string of the molecule is COc1cc2c(cc1OC)C(CCc1c(C)noc1C)N(C(=O)C(C)(C)C)CC2. The van der Waals surface area contributed by atoms with Gasteiger partial charge in [0.05, 0.1) is 26.0 Å². The molecule has 6 heteroatoms. The average molecular weight is 401 g/mol. The van der Waals surface area contributed by atoms with Gasteiger partial charge in [-0.2, -0.15) is 0 Å². The van der Waals surface area contributed by atoms with Crippen molar-refractivity contribution in [2.75, 3.05) is 20.8 Å². The largest absolute Gasteiger partial charge is 0.493 e. The number of fused-ring (bicyclic) bond motifs is 1. The van der Waals surface area contributed by atoms with Gasteiger partial charge in [-0.15, -0.1) is 0 Å². The summed E-state index contributed by atoms with van der Waals surface area (Å²) in [6.45, 7) is 10.5. The van der Waals surface area contributed by atoms with Crippen LogP contribution in [0.2, 0.25) is 0 Å². The lowest BCUT2D eigenvalue weighted by atomic mass is 9.85. The molecule has 0 saturated heterocycles. The van der Waals surface area contributed by atoms with Crippen LogP contribution in [0.4, 0.5) is 0 Å². The van der Waals surface area contributed by atoms with E-state index in [-0.39, 0.29) is 11.9 Å². The van der Waals surface area contributed by atoms with E-state index < -0.39 is 5.41 Å². The van der Waals surface area contributed by atoms with E-state index in [0.29, 0.717) is 12.3 Å². The van der Waals surface area contributed by atoms with Crippen LogP contribution in [-0.2, 0) is 17.6 Å². The number of methoxy groups -OCH3 is 2. The maximum Gasteiger partial charge on any atom is 0.228 e. The lowest BCUT2D eigenvalue weighted by Crippen LogP contribution is -2.45. The van der Waals surface area contributed by atoms with Gasteiger partial charge in [0.1, 0.15) is 5.76 Å². The van der Waals surface area contributed by atoms with Crippen LogP contribution in [-0.4, -0.2) is 36.7 Å². The summed E-state index contributed by atoms with van der Waals surface area (Å²) in [6.07, 6.45) is 2.40. The highest BCUT2D eigenvalue weighted by Gasteiger charge is 2.36. The molecule has 1 aliphatic heterocycles. The third kappa shape index (κ3) is 4.11. The first-order valence-electron chi connectivity index (χ1n) is 10.1. The van der Waals surface area contributed by atoms with E-state index >= 15 is 0 Å². The maximum absolute atomic E-state index is 13.3. The van der Waals surface area contributed by atoms with Gasteiger partial charge in [0.15, 0.2) is 11.5 Å². The molecule has 0 radical (unpaired) electrons. The van der Waals surface area contributed by atoms with Gasteiger partial charge in [-0.3, -0.25) is 4.79 Å². The number of aryl methyl sites for hydroxylation is 2. The van der Waals surface area contributed by atoms with Crippen molar-refractivity contribution in [3.63, 3.8) is 0 Å². The number of carbonyl (C=O) groups excluding carboxylic acids is 1. The summed E-state index contributed by atoms with van der Waals surface area (Å²) in [6, 6.07) is 4.06. The topological polar surface area (TPSA) is 64.8 Å². The van der Waals surface area contributed by atoms with Crippen molar-refractivity contribution in [2.45, 2.75) is 59.9 Å². The molecule has 0 fully saturated rings. The predicted molar refractivity (Wildman–Crippen MR) is 111 cm³/mol. The Kier molecular flexibility index (Phi) is 5.92. The number of nitrogens with zero attached hydrogens (tertiary/aromatic N) is 2. The van der Waals surface area contributed by atoms with E-state index in [2.05, 4.69) is 11.2 Å². The van der Waals surface area contributed by atoms with Gasteiger partial charge in [-0.25, -0.2) is 0 Å². The van der Waals surface area contributed by atoms with Gasteiger partial charge in [0.25, 0.3) is 0 Å². The molecule has 1 amide bonds. The standard InChI is InChI=1S/C23H32N2O4/c1-14-17(15(2)29-24-14)8-9-19-18-13-21(28-7)20(27-6)12-16(18)10-11-25(19)22(26)23(3,4)5/h12-13,19H,8-11H2,1-7H3. The highest BCUT2D eigenvalue weighted by Crippen LogP contribution is 2.41. The second kappa shape index (κ2) is 8.09. The lowest BCUT2D eigenvalue weighted by molar-refractivity contribution is -0.142. The molecule has 0 bridgehead atoms. The molecule has 0 aliphatic carbocycles. The zero-order valence-electron chi connectivity index (χ0n) is 18.6. The quantitative estimate of drug-likeness (QED) is 0.744. The molecule has 158 valence electrons. The van der Waals surface area contributed by atoms with Crippen LogP contribution in [0.25, 0.3) is 0 Å². The molecule has 2 heterocycles. The summed E-state index contributed by atoms with van der Waals surface area (Å²) in [5.41, 5.74) is 3.96. The normalized spacial score (nSPS) is 16.5. The minimum Gasteiger partial charge on any atom is -0.493 e. The van der Waals surface area contributed by atoms with Crippen LogP contribution in [0.1, 0.15) is 61.4 Å². The first-order valence-corrected chi connectivity index (χ1v) is 10.1. The number of benzene rings is 1. The van der Waals surface area contributed by atoms with Crippen molar-refractivity contribution >= 4 is 5.91 Å². The summed E-state index contributed by atoms with van der Waals surface area (Å²) in [5.74, 6) is 2.44.